The van der Waals surface area contributed by atoms with Gasteiger partial charge in [0.25, 0.3) is 0 Å². The van der Waals surface area contributed by atoms with Crippen LogP contribution in [0.25, 0.3) is 0 Å². The number of amides is 3. The van der Waals surface area contributed by atoms with Gasteiger partial charge in [-0.3, -0.25) is 19.8 Å². The zero-order valence-electron chi connectivity index (χ0n) is 11.4. The summed E-state index contributed by atoms with van der Waals surface area (Å²) in [6.07, 6.45) is 2.56. The number of hydrogen-bond donors (Lipinski definition) is 2. The summed E-state index contributed by atoms with van der Waals surface area (Å²) in [6, 6.07) is -0.932. The summed E-state index contributed by atoms with van der Waals surface area (Å²) in [5.74, 6) is -0.717. The summed E-state index contributed by atoms with van der Waals surface area (Å²) in [6.45, 7) is 2.76. The van der Waals surface area contributed by atoms with Crippen molar-refractivity contribution in [3.05, 3.63) is 0 Å². The Balaban J connectivity index is 2.54. The van der Waals surface area contributed by atoms with Crippen molar-refractivity contribution in [1.82, 2.24) is 15.5 Å². The van der Waals surface area contributed by atoms with Crippen LogP contribution in [-0.2, 0) is 14.3 Å². The molecular weight excluding hydrogens is 250 g/mol. The van der Waals surface area contributed by atoms with E-state index in [0.29, 0.717) is 19.6 Å². The number of carbonyl (C=O) groups excluding carboxylic acids is 3. The molecule has 2 N–H and O–H groups in total. The van der Waals surface area contributed by atoms with Crippen LogP contribution in [0.5, 0.6) is 0 Å². The molecule has 1 unspecified atom stereocenters. The molecule has 7 nitrogen and oxygen atoms in total. The molecule has 1 heterocycles. The molecule has 108 valence electrons. The van der Waals surface area contributed by atoms with Crippen LogP contribution in [0.3, 0.4) is 0 Å². The van der Waals surface area contributed by atoms with Crippen LogP contribution >= 0.6 is 0 Å². The van der Waals surface area contributed by atoms with Crippen molar-refractivity contribution in [3.8, 4) is 0 Å². The van der Waals surface area contributed by atoms with E-state index in [0.717, 1.165) is 12.8 Å². The van der Waals surface area contributed by atoms with E-state index in [1.165, 1.54) is 7.05 Å². The van der Waals surface area contributed by atoms with E-state index in [1.807, 2.05) is 0 Å². The van der Waals surface area contributed by atoms with Gasteiger partial charge in [0.2, 0.25) is 5.91 Å². The number of ether oxygens (including phenoxy) is 1. The first-order chi connectivity index (χ1) is 9.08. The highest BCUT2D eigenvalue weighted by Gasteiger charge is 2.31. The van der Waals surface area contributed by atoms with Gasteiger partial charge in [0, 0.05) is 7.05 Å². The monoisotopic (exact) mass is 271 g/mol. The number of esters is 1. The molecule has 1 aliphatic rings. The normalized spacial score (nSPS) is 19.6. The smallest absolute Gasteiger partial charge is 0.323 e. The summed E-state index contributed by atoms with van der Waals surface area (Å²) < 4.78 is 5.00. The molecule has 1 atom stereocenters. The van der Waals surface area contributed by atoms with Crippen molar-refractivity contribution < 1.29 is 19.1 Å². The van der Waals surface area contributed by atoms with E-state index in [4.69, 9.17) is 4.74 Å². The van der Waals surface area contributed by atoms with E-state index < -0.39 is 11.9 Å². The molecule has 0 spiro atoms. The third-order valence-electron chi connectivity index (χ3n) is 3.00. The second-order valence-electron chi connectivity index (χ2n) is 4.36. The zero-order chi connectivity index (χ0) is 14.3. The Morgan fingerprint density at radius 2 is 2.05 bits per heavy atom. The maximum absolute atomic E-state index is 11.8. The van der Waals surface area contributed by atoms with Crippen LogP contribution in [0.1, 0.15) is 26.2 Å². The van der Waals surface area contributed by atoms with Crippen molar-refractivity contribution in [1.29, 1.82) is 0 Å². The van der Waals surface area contributed by atoms with Crippen molar-refractivity contribution in [3.63, 3.8) is 0 Å². The number of rotatable bonds is 4. The minimum absolute atomic E-state index is 0.0247. The molecule has 0 radical (unpaired) electrons. The van der Waals surface area contributed by atoms with Crippen LogP contribution < -0.4 is 10.6 Å². The van der Waals surface area contributed by atoms with Crippen LogP contribution in [0, 0.1) is 0 Å². The molecule has 7 heteroatoms. The first-order valence-corrected chi connectivity index (χ1v) is 6.50. The number of piperidine rings is 1. The van der Waals surface area contributed by atoms with E-state index in [2.05, 4.69) is 10.6 Å². The van der Waals surface area contributed by atoms with Crippen LogP contribution in [0.15, 0.2) is 0 Å². The molecule has 0 saturated carbocycles. The van der Waals surface area contributed by atoms with E-state index >= 15 is 0 Å². The molecule has 1 aliphatic heterocycles. The summed E-state index contributed by atoms with van der Waals surface area (Å²) in [5.41, 5.74) is 0. The lowest BCUT2D eigenvalue weighted by Gasteiger charge is -2.33. The van der Waals surface area contributed by atoms with Crippen molar-refractivity contribution in [2.75, 3.05) is 26.7 Å². The minimum atomic E-state index is -0.547. The number of nitrogens with one attached hydrogen (secondary N) is 2. The van der Waals surface area contributed by atoms with Crippen LogP contribution in [-0.4, -0.2) is 55.6 Å². The molecule has 0 aliphatic carbocycles. The number of hydrogen-bond acceptors (Lipinski definition) is 5. The van der Waals surface area contributed by atoms with Crippen LogP contribution in [0.2, 0.25) is 0 Å². The van der Waals surface area contributed by atoms with Gasteiger partial charge in [-0.15, -0.1) is 0 Å². The van der Waals surface area contributed by atoms with Gasteiger partial charge in [-0.2, -0.15) is 0 Å². The lowest BCUT2D eigenvalue weighted by Crippen LogP contribution is -2.51. The standard InChI is InChI=1S/C12H21N3O4/c1-3-19-11(17)9-6-4-5-7-15(9)8-10(16)14-12(18)13-2/h9H,3-8H2,1-2H3,(H2,13,14,16,18). The Bertz CT molecular complexity index is 346. The van der Waals surface area contributed by atoms with Gasteiger partial charge in [0.1, 0.15) is 6.04 Å². The summed E-state index contributed by atoms with van der Waals surface area (Å²) in [4.78, 5) is 36.2. The number of nitrogens with zero attached hydrogens (tertiary/aromatic N) is 1. The zero-order valence-corrected chi connectivity index (χ0v) is 11.4. The molecule has 1 rings (SSSR count). The Labute approximate surface area is 112 Å². The molecule has 19 heavy (non-hydrogen) atoms. The van der Waals surface area contributed by atoms with Gasteiger partial charge in [-0.1, -0.05) is 6.42 Å². The number of carbonyl (C=O) groups is 3. The third-order valence-corrected chi connectivity index (χ3v) is 3.00. The highest BCUT2D eigenvalue weighted by Crippen LogP contribution is 2.17. The van der Waals surface area contributed by atoms with Crippen molar-refractivity contribution in [2.45, 2.75) is 32.2 Å². The van der Waals surface area contributed by atoms with E-state index in [9.17, 15) is 14.4 Å². The first-order valence-electron chi connectivity index (χ1n) is 6.50. The molecule has 1 saturated heterocycles. The third kappa shape index (κ3) is 4.86. The largest absolute Gasteiger partial charge is 0.465 e. The Morgan fingerprint density at radius 3 is 2.68 bits per heavy atom. The Morgan fingerprint density at radius 1 is 1.32 bits per heavy atom. The second kappa shape index (κ2) is 7.73. The van der Waals surface area contributed by atoms with Gasteiger partial charge in [0.15, 0.2) is 0 Å². The average molecular weight is 271 g/mol. The molecule has 0 aromatic rings. The molecular formula is C12H21N3O4. The predicted molar refractivity (Wildman–Crippen MR) is 68.4 cm³/mol. The number of imide groups is 1. The molecule has 1 fully saturated rings. The molecule has 0 aromatic carbocycles. The van der Waals surface area contributed by atoms with Gasteiger partial charge in [0.05, 0.1) is 13.2 Å². The van der Waals surface area contributed by atoms with E-state index in [-0.39, 0.29) is 18.6 Å². The summed E-state index contributed by atoms with van der Waals surface area (Å²) in [7, 11) is 1.44. The highest BCUT2D eigenvalue weighted by molar-refractivity contribution is 5.95. The second-order valence-corrected chi connectivity index (χ2v) is 4.36. The maximum Gasteiger partial charge on any atom is 0.323 e. The topological polar surface area (TPSA) is 87.7 Å². The fourth-order valence-corrected chi connectivity index (χ4v) is 2.10. The summed E-state index contributed by atoms with van der Waals surface area (Å²) in [5, 5.41) is 4.49. The van der Waals surface area contributed by atoms with Gasteiger partial charge in [-0.25, -0.2) is 4.79 Å². The lowest BCUT2D eigenvalue weighted by atomic mass is 10.0. The Kier molecular flexibility index (Phi) is 6.27. The lowest BCUT2D eigenvalue weighted by molar-refractivity contribution is -0.151. The molecule has 3 amide bonds. The first kappa shape index (κ1) is 15.4. The van der Waals surface area contributed by atoms with Gasteiger partial charge < -0.3 is 10.1 Å². The van der Waals surface area contributed by atoms with Crippen molar-refractivity contribution in [2.24, 2.45) is 0 Å². The highest BCUT2D eigenvalue weighted by atomic mass is 16.5. The summed E-state index contributed by atoms with van der Waals surface area (Å²) >= 11 is 0. The van der Waals surface area contributed by atoms with Crippen LogP contribution in [0.4, 0.5) is 4.79 Å². The van der Waals surface area contributed by atoms with Gasteiger partial charge >= 0.3 is 12.0 Å². The fraction of sp³-hybridized carbons (Fsp3) is 0.750. The number of likely N-dealkylation sites (tertiary alicyclic amines) is 1. The molecule has 0 aromatic heterocycles. The molecule has 0 bridgehead atoms. The van der Waals surface area contributed by atoms with Gasteiger partial charge in [-0.05, 0) is 26.3 Å². The Hall–Kier alpha value is -1.63. The van der Waals surface area contributed by atoms with E-state index in [1.54, 1.807) is 11.8 Å². The fourth-order valence-electron chi connectivity index (χ4n) is 2.10. The SMILES string of the molecule is CCOC(=O)C1CCCCN1CC(=O)NC(=O)NC. The van der Waals surface area contributed by atoms with Crippen molar-refractivity contribution >= 4 is 17.9 Å². The predicted octanol–water partition coefficient (Wildman–Crippen LogP) is -0.140. The quantitative estimate of drug-likeness (QED) is 0.695. The minimum Gasteiger partial charge on any atom is -0.465 e. The average Bonchev–Trinajstić information content (AvgIpc) is 2.39. The maximum atomic E-state index is 11.8. The number of urea groups is 1.